The molecule has 1 aliphatic rings. The van der Waals surface area contributed by atoms with E-state index in [0.717, 1.165) is 30.6 Å². The highest BCUT2D eigenvalue weighted by Crippen LogP contribution is 2.30. The lowest BCUT2D eigenvalue weighted by Crippen LogP contribution is -2.18. The average Bonchev–Trinajstić information content (AvgIpc) is 2.66. The molecule has 0 spiro atoms. The van der Waals surface area contributed by atoms with E-state index in [2.05, 4.69) is 12.1 Å². The van der Waals surface area contributed by atoms with Crippen LogP contribution < -0.4 is 10.5 Å². The van der Waals surface area contributed by atoms with Gasteiger partial charge in [0.2, 0.25) is 0 Å². The number of aryl methyl sites for hydroxylation is 1. The van der Waals surface area contributed by atoms with E-state index in [9.17, 15) is 4.79 Å². The Morgan fingerprint density at radius 1 is 1.19 bits per heavy atom. The summed E-state index contributed by atoms with van der Waals surface area (Å²) in [6.07, 6.45) is 3.37. The standard InChI is InChI=1S/C21H24N2O3/c1-25-20(24)11-15-4-5-16-8-9-19(12-18(16)10-15)26-13-14-2-6-17(7-3-14)21(22)23/h2-3,6-9,12,15H,4-5,10-11,13H2,1H3,(H3,22,23). The fourth-order valence-electron chi connectivity index (χ4n) is 3.34. The van der Waals surface area contributed by atoms with E-state index >= 15 is 0 Å². The molecule has 26 heavy (non-hydrogen) atoms. The topological polar surface area (TPSA) is 85.4 Å². The second-order valence-electron chi connectivity index (χ2n) is 6.72. The molecule has 0 saturated heterocycles. The van der Waals surface area contributed by atoms with Crippen LogP contribution in [0.15, 0.2) is 42.5 Å². The minimum atomic E-state index is -0.139. The van der Waals surface area contributed by atoms with Crippen LogP contribution in [-0.2, 0) is 29.0 Å². The van der Waals surface area contributed by atoms with Gasteiger partial charge < -0.3 is 15.2 Å². The lowest BCUT2D eigenvalue weighted by atomic mass is 9.82. The summed E-state index contributed by atoms with van der Waals surface area (Å²) in [5, 5.41) is 7.42. The van der Waals surface area contributed by atoms with Crippen LogP contribution in [-0.4, -0.2) is 18.9 Å². The average molecular weight is 352 g/mol. The predicted octanol–water partition coefficient (Wildman–Crippen LogP) is 3.22. The van der Waals surface area contributed by atoms with Gasteiger partial charge in [-0.15, -0.1) is 0 Å². The zero-order chi connectivity index (χ0) is 18.5. The first-order valence-electron chi connectivity index (χ1n) is 8.80. The molecule has 2 aromatic rings. The van der Waals surface area contributed by atoms with Crippen molar-refractivity contribution in [3.63, 3.8) is 0 Å². The van der Waals surface area contributed by atoms with Crippen LogP contribution >= 0.6 is 0 Å². The molecule has 1 atom stereocenters. The summed E-state index contributed by atoms with van der Waals surface area (Å²) >= 11 is 0. The second-order valence-corrected chi connectivity index (χ2v) is 6.72. The number of nitrogens with two attached hydrogens (primary N) is 1. The summed E-state index contributed by atoms with van der Waals surface area (Å²) < 4.78 is 10.7. The number of fused-ring (bicyclic) bond motifs is 1. The number of carbonyl (C=O) groups is 1. The van der Waals surface area contributed by atoms with Gasteiger partial charge in [-0.2, -0.15) is 0 Å². The van der Waals surface area contributed by atoms with Crippen molar-refractivity contribution in [1.82, 2.24) is 0 Å². The molecule has 0 bridgehead atoms. The number of methoxy groups -OCH3 is 1. The highest BCUT2D eigenvalue weighted by Gasteiger charge is 2.21. The van der Waals surface area contributed by atoms with Crippen molar-refractivity contribution in [2.45, 2.75) is 32.3 Å². The maximum atomic E-state index is 11.5. The molecule has 0 aromatic heterocycles. The van der Waals surface area contributed by atoms with Crippen molar-refractivity contribution in [1.29, 1.82) is 5.41 Å². The van der Waals surface area contributed by atoms with Gasteiger partial charge in [-0.3, -0.25) is 10.2 Å². The summed E-state index contributed by atoms with van der Waals surface area (Å²) in [6.45, 7) is 0.461. The molecule has 1 unspecified atom stereocenters. The first kappa shape index (κ1) is 18.0. The van der Waals surface area contributed by atoms with E-state index in [-0.39, 0.29) is 11.8 Å². The smallest absolute Gasteiger partial charge is 0.305 e. The van der Waals surface area contributed by atoms with E-state index < -0.39 is 0 Å². The molecule has 1 aliphatic carbocycles. The molecule has 0 aliphatic heterocycles. The molecule has 5 nitrogen and oxygen atoms in total. The van der Waals surface area contributed by atoms with Crippen molar-refractivity contribution in [2.24, 2.45) is 11.7 Å². The quantitative estimate of drug-likeness (QED) is 0.475. The molecule has 136 valence electrons. The van der Waals surface area contributed by atoms with Gasteiger partial charge in [-0.05, 0) is 54.0 Å². The first-order chi connectivity index (χ1) is 12.5. The van der Waals surface area contributed by atoms with Crippen LogP contribution in [0.3, 0.4) is 0 Å². The molecule has 5 heteroatoms. The number of carbonyl (C=O) groups excluding carboxylic acids is 1. The molecular weight excluding hydrogens is 328 g/mol. The van der Waals surface area contributed by atoms with Crippen LogP contribution in [0.4, 0.5) is 0 Å². The Morgan fingerprint density at radius 3 is 2.65 bits per heavy atom. The van der Waals surface area contributed by atoms with E-state index in [1.54, 1.807) is 0 Å². The number of nitrogens with one attached hydrogen (secondary N) is 1. The monoisotopic (exact) mass is 352 g/mol. The van der Waals surface area contributed by atoms with Crippen LogP contribution in [0.1, 0.15) is 35.1 Å². The molecular formula is C21H24N2O3. The highest BCUT2D eigenvalue weighted by atomic mass is 16.5. The molecule has 3 N–H and O–H groups in total. The first-order valence-corrected chi connectivity index (χ1v) is 8.80. The third kappa shape index (κ3) is 4.42. The third-order valence-electron chi connectivity index (χ3n) is 4.86. The molecule has 3 rings (SSSR count). The minimum absolute atomic E-state index is 0.0636. The Bertz CT molecular complexity index is 799. The maximum Gasteiger partial charge on any atom is 0.305 e. The minimum Gasteiger partial charge on any atom is -0.489 e. The van der Waals surface area contributed by atoms with Gasteiger partial charge in [0, 0.05) is 12.0 Å². The van der Waals surface area contributed by atoms with Gasteiger partial charge >= 0.3 is 5.97 Å². The van der Waals surface area contributed by atoms with Gasteiger partial charge in [0.25, 0.3) is 0 Å². The number of hydrogen-bond acceptors (Lipinski definition) is 4. The van der Waals surface area contributed by atoms with Crippen molar-refractivity contribution < 1.29 is 14.3 Å². The summed E-state index contributed by atoms with van der Waals surface area (Å²) in [4.78, 5) is 11.5. The van der Waals surface area contributed by atoms with Crippen LogP contribution in [0, 0.1) is 11.3 Å². The van der Waals surface area contributed by atoms with Gasteiger partial charge in [0.1, 0.15) is 18.2 Å². The molecule has 2 aromatic carbocycles. The lowest BCUT2D eigenvalue weighted by molar-refractivity contribution is -0.141. The normalized spacial score (nSPS) is 15.8. The Hall–Kier alpha value is -2.82. The number of amidine groups is 1. The van der Waals surface area contributed by atoms with Gasteiger partial charge in [0.15, 0.2) is 0 Å². The van der Waals surface area contributed by atoms with Crippen LogP contribution in [0.5, 0.6) is 5.75 Å². The van der Waals surface area contributed by atoms with Crippen molar-refractivity contribution in [2.75, 3.05) is 7.11 Å². The van der Waals surface area contributed by atoms with Crippen molar-refractivity contribution >= 4 is 11.8 Å². The van der Waals surface area contributed by atoms with Gasteiger partial charge in [-0.25, -0.2) is 0 Å². The zero-order valence-corrected chi connectivity index (χ0v) is 15.0. The fourth-order valence-corrected chi connectivity index (χ4v) is 3.34. The van der Waals surface area contributed by atoms with Crippen LogP contribution in [0.25, 0.3) is 0 Å². The second kappa shape index (κ2) is 8.04. The molecule has 0 radical (unpaired) electrons. The lowest BCUT2D eigenvalue weighted by Gasteiger charge is -2.24. The van der Waals surface area contributed by atoms with E-state index in [4.69, 9.17) is 20.6 Å². The largest absolute Gasteiger partial charge is 0.489 e. The highest BCUT2D eigenvalue weighted by molar-refractivity contribution is 5.94. The van der Waals surface area contributed by atoms with Gasteiger partial charge in [0.05, 0.1) is 7.11 Å². The number of rotatable bonds is 6. The molecule has 0 fully saturated rings. The number of hydrogen-bond donors (Lipinski definition) is 2. The Labute approximate surface area is 153 Å². The summed E-state index contributed by atoms with van der Waals surface area (Å²) in [5.74, 6) is 1.09. The summed E-state index contributed by atoms with van der Waals surface area (Å²) in [5.41, 5.74) is 9.79. The van der Waals surface area contributed by atoms with Gasteiger partial charge in [-0.1, -0.05) is 30.3 Å². The number of benzene rings is 2. The van der Waals surface area contributed by atoms with E-state index in [1.807, 2.05) is 30.3 Å². The van der Waals surface area contributed by atoms with Crippen molar-refractivity contribution in [3.05, 3.63) is 64.7 Å². The molecule has 0 amide bonds. The Balaban J connectivity index is 1.62. The Kier molecular flexibility index (Phi) is 5.56. The maximum absolute atomic E-state index is 11.5. The zero-order valence-electron chi connectivity index (χ0n) is 15.0. The van der Waals surface area contributed by atoms with Crippen LogP contribution in [0.2, 0.25) is 0 Å². The summed E-state index contributed by atoms with van der Waals surface area (Å²) in [7, 11) is 1.44. The Morgan fingerprint density at radius 2 is 1.96 bits per heavy atom. The van der Waals surface area contributed by atoms with E-state index in [0.29, 0.717) is 24.5 Å². The predicted molar refractivity (Wildman–Crippen MR) is 100 cm³/mol. The molecule has 0 heterocycles. The number of nitrogen functional groups attached to an aromatic ring is 1. The van der Waals surface area contributed by atoms with E-state index in [1.165, 1.54) is 18.2 Å². The number of esters is 1. The fraction of sp³-hybridized carbons (Fsp3) is 0.333. The third-order valence-corrected chi connectivity index (χ3v) is 4.86. The molecule has 0 saturated carbocycles. The summed E-state index contributed by atoms with van der Waals surface area (Å²) in [6, 6.07) is 13.7. The van der Waals surface area contributed by atoms with Crippen molar-refractivity contribution in [3.8, 4) is 5.75 Å². The SMILES string of the molecule is COC(=O)CC1CCc2ccc(OCc3ccc(C(=N)N)cc3)cc2C1. The number of ether oxygens (including phenoxy) is 2.